The van der Waals surface area contributed by atoms with Crippen molar-refractivity contribution in [3.8, 4) is 17.1 Å². The molecule has 0 radical (unpaired) electrons. The van der Waals surface area contributed by atoms with E-state index in [0.717, 1.165) is 15.8 Å². The Morgan fingerprint density at radius 1 is 1.12 bits per heavy atom. The lowest BCUT2D eigenvalue weighted by Gasteiger charge is -2.06. The predicted molar refractivity (Wildman–Crippen MR) is 68.3 cm³/mol. The Morgan fingerprint density at radius 2 is 1.76 bits per heavy atom. The van der Waals surface area contributed by atoms with Gasteiger partial charge >= 0.3 is 0 Å². The first-order valence-corrected chi connectivity index (χ1v) is 5.50. The van der Waals surface area contributed by atoms with Gasteiger partial charge in [0.1, 0.15) is 5.75 Å². The average molecular weight is 296 g/mol. The highest BCUT2D eigenvalue weighted by Gasteiger charge is 2.07. The van der Waals surface area contributed by atoms with Gasteiger partial charge in [-0.05, 0) is 34.1 Å². The molecular formula is C10H10BrN5O. The van der Waals surface area contributed by atoms with Crippen LogP contribution >= 0.6 is 15.9 Å². The number of ether oxygens (including phenoxy) is 1. The summed E-state index contributed by atoms with van der Waals surface area (Å²) in [5, 5.41) is 0. The van der Waals surface area contributed by atoms with Crippen LogP contribution in [0.2, 0.25) is 0 Å². The number of benzene rings is 1. The van der Waals surface area contributed by atoms with Gasteiger partial charge in [-0.3, -0.25) is 0 Å². The van der Waals surface area contributed by atoms with Crippen LogP contribution in [0.15, 0.2) is 22.7 Å². The fraction of sp³-hybridized carbons (Fsp3) is 0.100. The zero-order valence-corrected chi connectivity index (χ0v) is 10.6. The van der Waals surface area contributed by atoms with Crippen molar-refractivity contribution in [1.29, 1.82) is 0 Å². The van der Waals surface area contributed by atoms with Crippen molar-refractivity contribution in [3.05, 3.63) is 22.7 Å². The predicted octanol–water partition coefficient (Wildman–Crippen LogP) is 1.47. The Kier molecular flexibility index (Phi) is 3.10. The van der Waals surface area contributed by atoms with Crippen LogP contribution in [0.5, 0.6) is 5.75 Å². The number of methoxy groups -OCH3 is 1. The van der Waals surface area contributed by atoms with Crippen LogP contribution < -0.4 is 16.2 Å². The molecule has 0 saturated heterocycles. The molecule has 0 fully saturated rings. The second-order valence-corrected chi connectivity index (χ2v) is 4.08. The third-order valence-corrected chi connectivity index (χ3v) is 2.70. The molecule has 17 heavy (non-hydrogen) atoms. The molecule has 7 heteroatoms. The number of nitrogens with zero attached hydrogens (tertiary/aromatic N) is 3. The minimum absolute atomic E-state index is 0.0967. The third kappa shape index (κ3) is 2.44. The van der Waals surface area contributed by atoms with Crippen molar-refractivity contribution in [3.63, 3.8) is 0 Å². The molecule has 2 aromatic rings. The first-order valence-electron chi connectivity index (χ1n) is 4.71. The molecule has 0 unspecified atom stereocenters. The Bertz CT molecular complexity index is 540. The van der Waals surface area contributed by atoms with Crippen LogP contribution in [0.25, 0.3) is 11.4 Å². The Hall–Kier alpha value is -1.89. The summed E-state index contributed by atoms with van der Waals surface area (Å²) in [4.78, 5) is 11.7. The summed E-state index contributed by atoms with van der Waals surface area (Å²) in [7, 11) is 1.60. The molecule has 6 nitrogen and oxygen atoms in total. The Morgan fingerprint density at radius 3 is 2.29 bits per heavy atom. The molecule has 0 saturated carbocycles. The van der Waals surface area contributed by atoms with Gasteiger partial charge in [0.05, 0.1) is 11.6 Å². The number of aromatic nitrogens is 3. The molecule has 1 aromatic heterocycles. The maximum atomic E-state index is 5.51. The zero-order valence-electron chi connectivity index (χ0n) is 9.01. The number of halogens is 1. The van der Waals surface area contributed by atoms with Gasteiger partial charge in [-0.25, -0.2) is 0 Å². The van der Waals surface area contributed by atoms with E-state index in [4.69, 9.17) is 16.2 Å². The zero-order chi connectivity index (χ0) is 12.4. The first-order chi connectivity index (χ1) is 8.10. The van der Waals surface area contributed by atoms with Crippen molar-refractivity contribution in [2.75, 3.05) is 18.6 Å². The fourth-order valence-electron chi connectivity index (χ4n) is 1.34. The number of anilines is 2. The van der Waals surface area contributed by atoms with Gasteiger partial charge in [0.2, 0.25) is 11.9 Å². The van der Waals surface area contributed by atoms with Crippen LogP contribution in [0.1, 0.15) is 0 Å². The third-order valence-electron chi connectivity index (χ3n) is 2.08. The fourth-order valence-corrected chi connectivity index (χ4v) is 1.88. The highest BCUT2D eigenvalue weighted by Crippen LogP contribution is 2.29. The summed E-state index contributed by atoms with van der Waals surface area (Å²) in [5.41, 5.74) is 11.8. The van der Waals surface area contributed by atoms with Gasteiger partial charge in [0, 0.05) is 5.56 Å². The van der Waals surface area contributed by atoms with Gasteiger partial charge in [-0.1, -0.05) is 0 Å². The minimum atomic E-state index is 0.0967. The van der Waals surface area contributed by atoms with E-state index in [1.54, 1.807) is 13.2 Å². The molecule has 88 valence electrons. The van der Waals surface area contributed by atoms with Crippen LogP contribution in [-0.2, 0) is 0 Å². The van der Waals surface area contributed by atoms with Crippen molar-refractivity contribution in [1.82, 2.24) is 15.0 Å². The maximum Gasteiger partial charge on any atom is 0.225 e. The quantitative estimate of drug-likeness (QED) is 0.870. The Balaban J connectivity index is 2.49. The normalized spacial score (nSPS) is 10.2. The average Bonchev–Trinajstić information content (AvgIpc) is 2.27. The second-order valence-electron chi connectivity index (χ2n) is 3.22. The van der Waals surface area contributed by atoms with Gasteiger partial charge in [0.25, 0.3) is 0 Å². The van der Waals surface area contributed by atoms with Crippen molar-refractivity contribution in [2.24, 2.45) is 0 Å². The van der Waals surface area contributed by atoms with Crippen LogP contribution in [0.3, 0.4) is 0 Å². The molecule has 4 N–H and O–H groups in total. The lowest BCUT2D eigenvalue weighted by atomic mass is 10.2. The monoisotopic (exact) mass is 295 g/mol. The van der Waals surface area contributed by atoms with E-state index in [1.165, 1.54) is 0 Å². The van der Waals surface area contributed by atoms with Gasteiger partial charge in [0.15, 0.2) is 5.82 Å². The van der Waals surface area contributed by atoms with E-state index in [-0.39, 0.29) is 11.9 Å². The van der Waals surface area contributed by atoms with Crippen LogP contribution in [0, 0.1) is 0 Å². The van der Waals surface area contributed by atoms with Gasteiger partial charge in [-0.2, -0.15) is 15.0 Å². The van der Waals surface area contributed by atoms with Crippen molar-refractivity contribution >= 4 is 27.8 Å². The lowest BCUT2D eigenvalue weighted by molar-refractivity contribution is 0.412. The van der Waals surface area contributed by atoms with E-state index in [1.807, 2.05) is 12.1 Å². The summed E-state index contributed by atoms with van der Waals surface area (Å²) in [5.74, 6) is 1.35. The highest BCUT2D eigenvalue weighted by atomic mass is 79.9. The molecule has 0 aliphatic carbocycles. The summed E-state index contributed by atoms with van der Waals surface area (Å²) in [6, 6.07) is 5.44. The van der Waals surface area contributed by atoms with E-state index in [0.29, 0.717) is 5.82 Å². The Labute approximate surface area is 106 Å². The number of hydrogen-bond donors (Lipinski definition) is 2. The summed E-state index contributed by atoms with van der Waals surface area (Å²) in [6.45, 7) is 0. The smallest absolute Gasteiger partial charge is 0.225 e. The summed E-state index contributed by atoms with van der Waals surface area (Å²) < 4.78 is 5.93. The van der Waals surface area contributed by atoms with Crippen LogP contribution in [0.4, 0.5) is 11.9 Å². The van der Waals surface area contributed by atoms with Gasteiger partial charge < -0.3 is 16.2 Å². The van der Waals surface area contributed by atoms with E-state index in [9.17, 15) is 0 Å². The first kappa shape index (κ1) is 11.6. The molecule has 0 bridgehead atoms. The largest absolute Gasteiger partial charge is 0.496 e. The van der Waals surface area contributed by atoms with Crippen LogP contribution in [-0.4, -0.2) is 22.1 Å². The van der Waals surface area contributed by atoms with Crippen molar-refractivity contribution < 1.29 is 4.74 Å². The van der Waals surface area contributed by atoms with E-state index < -0.39 is 0 Å². The topological polar surface area (TPSA) is 99.9 Å². The second kappa shape index (κ2) is 4.54. The summed E-state index contributed by atoms with van der Waals surface area (Å²) >= 11 is 3.38. The maximum absolute atomic E-state index is 5.51. The standard InChI is InChI=1S/C10H10BrN5O/c1-17-7-3-2-5(4-6(7)11)8-14-9(12)16-10(13)15-8/h2-4H,1H3,(H4,12,13,14,15,16). The number of nitrogen functional groups attached to an aromatic ring is 2. The molecule has 2 rings (SSSR count). The number of nitrogens with two attached hydrogens (primary N) is 2. The SMILES string of the molecule is COc1ccc(-c2nc(N)nc(N)n2)cc1Br. The van der Waals surface area contributed by atoms with E-state index in [2.05, 4.69) is 30.9 Å². The molecule has 0 spiro atoms. The van der Waals surface area contributed by atoms with E-state index >= 15 is 0 Å². The molecule has 0 amide bonds. The molecule has 0 aliphatic rings. The van der Waals surface area contributed by atoms with Crippen molar-refractivity contribution in [2.45, 2.75) is 0 Å². The molecule has 0 atom stereocenters. The summed E-state index contributed by atoms with van der Waals surface area (Å²) in [6.07, 6.45) is 0. The number of hydrogen-bond acceptors (Lipinski definition) is 6. The lowest BCUT2D eigenvalue weighted by Crippen LogP contribution is -2.04. The highest BCUT2D eigenvalue weighted by molar-refractivity contribution is 9.10. The molecule has 1 aromatic carbocycles. The van der Waals surface area contributed by atoms with Gasteiger partial charge in [-0.15, -0.1) is 0 Å². The number of rotatable bonds is 2. The molecular weight excluding hydrogens is 286 g/mol. The molecule has 0 aliphatic heterocycles. The minimum Gasteiger partial charge on any atom is -0.496 e. The molecule has 1 heterocycles.